The number of halogens is 1. The predicted molar refractivity (Wildman–Crippen MR) is 106 cm³/mol. The van der Waals surface area contributed by atoms with Crippen molar-refractivity contribution >= 4 is 47.1 Å². The normalized spacial score (nSPS) is 21.2. The van der Waals surface area contributed by atoms with Gasteiger partial charge in [-0.05, 0) is 12.1 Å². The number of nitrogens with two attached hydrogens (primary N) is 1. The van der Waals surface area contributed by atoms with E-state index in [1.165, 1.54) is 12.1 Å². The van der Waals surface area contributed by atoms with Gasteiger partial charge >= 0.3 is 11.9 Å². The number of esters is 1. The number of aliphatic carboxylic acids is 1. The van der Waals surface area contributed by atoms with Gasteiger partial charge in [0.1, 0.15) is 30.5 Å². The highest BCUT2D eigenvalue weighted by Gasteiger charge is 2.30. The molecule has 1 aromatic carbocycles. The number of cyclic esters (lactones) is 1. The van der Waals surface area contributed by atoms with Gasteiger partial charge in [-0.1, -0.05) is 11.6 Å². The summed E-state index contributed by atoms with van der Waals surface area (Å²) in [5, 5.41) is 33.0. The number of carbonyl (C=O) groups is 4. The van der Waals surface area contributed by atoms with Crippen LogP contribution in [0.5, 0.6) is 5.75 Å². The second-order valence-corrected chi connectivity index (χ2v) is 7.72. The Kier molecular flexibility index (Phi) is 8.29. The van der Waals surface area contributed by atoms with Crippen LogP contribution >= 0.6 is 23.4 Å². The summed E-state index contributed by atoms with van der Waals surface area (Å²) >= 11 is 6.93. The van der Waals surface area contributed by atoms with Gasteiger partial charge in [-0.25, -0.2) is 9.59 Å². The number of aliphatic hydroxyl groups excluding tert-OH is 1. The van der Waals surface area contributed by atoms with Gasteiger partial charge in [0.05, 0.1) is 17.2 Å². The Morgan fingerprint density at radius 2 is 2.10 bits per heavy atom. The van der Waals surface area contributed by atoms with Crippen LogP contribution in [0.3, 0.4) is 0 Å². The van der Waals surface area contributed by atoms with Gasteiger partial charge in [-0.2, -0.15) is 11.8 Å². The summed E-state index contributed by atoms with van der Waals surface area (Å²) in [7, 11) is 0. The third kappa shape index (κ3) is 5.75. The highest BCUT2D eigenvalue weighted by atomic mass is 35.5. The van der Waals surface area contributed by atoms with Crippen molar-refractivity contribution in [3.63, 3.8) is 0 Å². The number of hydrogen-bond donors (Lipinski definition) is 6. The summed E-state index contributed by atoms with van der Waals surface area (Å²) in [6.45, 7) is -1.33. The van der Waals surface area contributed by atoms with E-state index < -0.39 is 55.1 Å². The molecule has 0 unspecified atom stereocenters. The van der Waals surface area contributed by atoms with Crippen LogP contribution in [0.25, 0.3) is 0 Å². The molecule has 0 bridgehead atoms. The maximum absolute atomic E-state index is 12.5. The van der Waals surface area contributed by atoms with Crippen LogP contribution in [0.1, 0.15) is 15.9 Å². The monoisotopic (exact) mass is 461 g/mol. The molecule has 0 aliphatic carbocycles. The minimum absolute atomic E-state index is 0.000428. The number of ether oxygens (including phenoxy) is 1. The molecule has 1 aromatic rings. The lowest BCUT2D eigenvalue weighted by atomic mass is 10.1. The summed E-state index contributed by atoms with van der Waals surface area (Å²) < 4.78 is 5.10. The molecule has 0 aromatic heterocycles. The second kappa shape index (κ2) is 10.5. The van der Waals surface area contributed by atoms with Crippen LogP contribution in [0.15, 0.2) is 12.1 Å². The zero-order chi connectivity index (χ0) is 22.4. The Labute approximate surface area is 179 Å². The average molecular weight is 462 g/mol. The van der Waals surface area contributed by atoms with Crippen molar-refractivity contribution < 1.29 is 39.2 Å². The van der Waals surface area contributed by atoms with Crippen molar-refractivity contribution in [1.29, 1.82) is 0 Å². The van der Waals surface area contributed by atoms with E-state index in [2.05, 4.69) is 10.6 Å². The van der Waals surface area contributed by atoms with Crippen LogP contribution in [0.2, 0.25) is 5.02 Å². The standard InChI is InChI=1S/C17H20ClN3O8S/c18-9-2-1-7-8(13(9)23)5-30-6-12(16(26)27)21-15(25)11(4-29-17(7)28)20-14(24)10(19)3-22/h1-2,10-12,22-23H,3-6,19H2,(H,20,24)(H,21,25)(H,26,27)/t10-,11-,12-/m0/s1. The fourth-order valence-corrected chi connectivity index (χ4v) is 3.71. The molecule has 2 amide bonds. The third-order valence-corrected chi connectivity index (χ3v) is 5.51. The van der Waals surface area contributed by atoms with E-state index in [-0.39, 0.29) is 33.4 Å². The molecule has 11 nitrogen and oxygen atoms in total. The topological polar surface area (TPSA) is 188 Å². The average Bonchev–Trinajstić information content (AvgIpc) is 2.71. The minimum atomic E-state index is -1.46. The number of phenolic OH excluding ortho intramolecular Hbond substituents is 1. The van der Waals surface area contributed by atoms with Crippen molar-refractivity contribution in [2.75, 3.05) is 19.0 Å². The van der Waals surface area contributed by atoms with Crippen LogP contribution in [-0.4, -0.2) is 76.2 Å². The highest BCUT2D eigenvalue weighted by molar-refractivity contribution is 7.98. The molecule has 0 fully saturated rings. The number of carboxylic acids is 1. The Balaban J connectivity index is 2.36. The van der Waals surface area contributed by atoms with Gasteiger partial charge in [0, 0.05) is 17.1 Å². The lowest BCUT2D eigenvalue weighted by Crippen LogP contribution is -2.57. The van der Waals surface area contributed by atoms with E-state index in [1.807, 2.05) is 0 Å². The van der Waals surface area contributed by atoms with Crippen LogP contribution in [0.4, 0.5) is 0 Å². The van der Waals surface area contributed by atoms with Crippen molar-refractivity contribution in [2.45, 2.75) is 23.9 Å². The van der Waals surface area contributed by atoms with Gasteiger partial charge in [-0.3, -0.25) is 9.59 Å². The highest BCUT2D eigenvalue weighted by Crippen LogP contribution is 2.33. The molecule has 3 atom stereocenters. The number of aliphatic hydroxyl groups is 1. The molecule has 1 aliphatic rings. The molecule has 0 spiro atoms. The molecule has 13 heteroatoms. The number of hydrogen-bond acceptors (Lipinski definition) is 9. The Bertz CT molecular complexity index is 853. The van der Waals surface area contributed by atoms with E-state index in [0.717, 1.165) is 11.8 Å². The Morgan fingerprint density at radius 3 is 2.73 bits per heavy atom. The summed E-state index contributed by atoms with van der Waals surface area (Å²) in [5.74, 6) is -4.42. The minimum Gasteiger partial charge on any atom is -0.506 e. The second-order valence-electron chi connectivity index (χ2n) is 6.29. The number of carboxylic acid groups (broad SMARTS) is 1. The van der Waals surface area contributed by atoms with E-state index >= 15 is 0 Å². The van der Waals surface area contributed by atoms with Crippen molar-refractivity contribution in [3.8, 4) is 5.75 Å². The lowest BCUT2D eigenvalue weighted by Gasteiger charge is -2.23. The largest absolute Gasteiger partial charge is 0.506 e. The van der Waals surface area contributed by atoms with E-state index in [4.69, 9.17) is 27.2 Å². The molecule has 1 aliphatic heterocycles. The number of benzene rings is 1. The zero-order valence-corrected chi connectivity index (χ0v) is 17.0. The fourth-order valence-electron chi connectivity index (χ4n) is 2.45. The molecule has 30 heavy (non-hydrogen) atoms. The molecule has 0 radical (unpaired) electrons. The van der Waals surface area contributed by atoms with Gasteiger partial charge in [0.25, 0.3) is 0 Å². The van der Waals surface area contributed by atoms with Crippen molar-refractivity contribution in [1.82, 2.24) is 10.6 Å². The van der Waals surface area contributed by atoms with Crippen molar-refractivity contribution in [3.05, 3.63) is 28.3 Å². The lowest BCUT2D eigenvalue weighted by molar-refractivity contribution is -0.141. The number of nitrogens with one attached hydrogen (secondary N) is 2. The summed E-state index contributed by atoms with van der Waals surface area (Å²) in [6, 6.07) is -1.50. The number of carbonyl (C=O) groups excluding carboxylic acids is 3. The molecule has 0 saturated carbocycles. The summed E-state index contributed by atoms with van der Waals surface area (Å²) in [4.78, 5) is 48.4. The number of aromatic hydroxyl groups is 1. The van der Waals surface area contributed by atoms with Gasteiger partial charge in [0.2, 0.25) is 11.8 Å². The molecule has 2 rings (SSSR count). The van der Waals surface area contributed by atoms with E-state index in [0.29, 0.717) is 0 Å². The molecule has 1 heterocycles. The van der Waals surface area contributed by atoms with Crippen LogP contribution < -0.4 is 16.4 Å². The smallest absolute Gasteiger partial charge is 0.338 e. The maximum Gasteiger partial charge on any atom is 0.338 e. The molecular weight excluding hydrogens is 442 g/mol. The first-order chi connectivity index (χ1) is 14.1. The molecule has 7 N–H and O–H groups in total. The van der Waals surface area contributed by atoms with Crippen LogP contribution in [0, 0.1) is 0 Å². The van der Waals surface area contributed by atoms with Gasteiger partial charge in [0.15, 0.2) is 0 Å². The fraction of sp³-hybridized carbons (Fsp3) is 0.412. The number of fused-ring (bicyclic) bond motifs is 1. The first-order valence-electron chi connectivity index (χ1n) is 8.60. The SMILES string of the molecule is N[C@@H](CO)C(=O)N[C@H]1COC(=O)c2ccc(Cl)c(O)c2CSC[C@@H](C(=O)O)NC1=O. The van der Waals surface area contributed by atoms with E-state index in [9.17, 15) is 29.4 Å². The zero-order valence-electron chi connectivity index (χ0n) is 15.5. The van der Waals surface area contributed by atoms with E-state index in [1.54, 1.807) is 0 Å². The summed E-state index contributed by atoms with van der Waals surface area (Å²) in [6.07, 6.45) is 0. The summed E-state index contributed by atoms with van der Waals surface area (Å²) in [5.41, 5.74) is 5.54. The molecular formula is C17H20ClN3O8S. The predicted octanol–water partition coefficient (Wildman–Crippen LogP) is -1.18. The number of amides is 2. The first-order valence-corrected chi connectivity index (χ1v) is 10.1. The number of thioether (sulfide) groups is 1. The van der Waals surface area contributed by atoms with Gasteiger partial charge in [-0.15, -0.1) is 0 Å². The molecule has 0 saturated heterocycles. The quantitative estimate of drug-likeness (QED) is 0.298. The maximum atomic E-state index is 12.5. The van der Waals surface area contributed by atoms with Gasteiger partial charge < -0.3 is 36.4 Å². The Hall–Kier alpha value is -2.54. The number of phenols is 1. The Morgan fingerprint density at radius 1 is 1.40 bits per heavy atom. The first kappa shape index (κ1) is 23.7. The molecule has 164 valence electrons. The third-order valence-electron chi connectivity index (χ3n) is 4.15. The van der Waals surface area contributed by atoms with Crippen LogP contribution in [-0.2, 0) is 24.9 Å². The van der Waals surface area contributed by atoms with Crippen molar-refractivity contribution in [2.24, 2.45) is 5.73 Å². The number of rotatable bonds is 4.